The number of ether oxygens (including phenoxy) is 1. The van der Waals surface area contributed by atoms with E-state index in [4.69, 9.17) is 4.74 Å². The highest BCUT2D eigenvalue weighted by atomic mass is 16.5. The van der Waals surface area contributed by atoms with Crippen molar-refractivity contribution in [1.82, 2.24) is 14.8 Å². The third kappa shape index (κ3) is 3.39. The van der Waals surface area contributed by atoms with E-state index in [0.717, 1.165) is 16.1 Å². The van der Waals surface area contributed by atoms with Gasteiger partial charge in [0, 0.05) is 17.6 Å². The Kier molecular flexibility index (Phi) is 4.66. The molecular weight excluding hydrogens is 372 g/mol. The highest BCUT2D eigenvalue weighted by Gasteiger charge is 2.19. The fourth-order valence-electron chi connectivity index (χ4n) is 2.97. The summed E-state index contributed by atoms with van der Waals surface area (Å²) < 4.78 is 6.27. The average molecular weight is 388 g/mol. The summed E-state index contributed by atoms with van der Waals surface area (Å²) in [4.78, 5) is 29.5. The molecule has 0 aliphatic heterocycles. The largest absolute Gasteiger partial charge is 0.505 e. The van der Waals surface area contributed by atoms with Gasteiger partial charge < -0.3 is 15.2 Å². The number of pyridine rings is 1. The van der Waals surface area contributed by atoms with Gasteiger partial charge in [0.25, 0.3) is 11.5 Å². The molecule has 0 aliphatic carbocycles. The number of nitrogens with zero attached hydrogens (tertiary/aromatic N) is 3. The molecule has 0 aliphatic rings. The first-order valence-corrected chi connectivity index (χ1v) is 8.70. The molecule has 8 heteroatoms. The van der Waals surface area contributed by atoms with Gasteiger partial charge in [0.05, 0.1) is 18.3 Å². The van der Waals surface area contributed by atoms with Crippen LogP contribution in [-0.4, -0.2) is 32.9 Å². The van der Waals surface area contributed by atoms with Crippen molar-refractivity contribution in [2.75, 3.05) is 12.4 Å². The molecule has 2 aromatic carbocycles. The number of nitrogens with one attached hydrogen (secondary N) is 1. The molecule has 2 heterocycles. The number of carbonyl (C=O) groups excluding carboxylic acids is 1. The summed E-state index contributed by atoms with van der Waals surface area (Å²) in [5.41, 5.74) is 0.505. The highest BCUT2D eigenvalue weighted by molar-refractivity contribution is 6.08. The van der Waals surface area contributed by atoms with Crippen LogP contribution in [0, 0.1) is 0 Å². The van der Waals surface area contributed by atoms with Crippen LogP contribution >= 0.6 is 0 Å². The molecule has 8 nitrogen and oxygen atoms in total. The van der Waals surface area contributed by atoms with Crippen molar-refractivity contribution in [3.05, 3.63) is 82.9 Å². The molecular formula is C21H16N4O4. The first kappa shape index (κ1) is 18.2. The van der Waals surface area contributed by atoms with Crippen molar-refractivity contribution in [2.24, 2.45) is 0 Å². The number of benzene rings is 2. The van der Waals surface area contributed by atoms with Crippen molar-refractivity contribution >= 4 is 22.5 Å². The average Bonchev–Trinajstić information content (AvgIpc) is 2.74. The lowest BCUT2D eigenvalue weighted by molar-refractivity contribution is 0.101. The Morgan fingerprint density at radius 2 is 1.90 bits per heavy atom. The van der Waals surface area contributed by atoms with Crippen LogP contribution in [0.2, 0.25) is 0 Å². The minimum atomic E-state index is -0.677. The van der Waals surface area contributed by atoms with Crippen LogP contribution in [0.3, 0.4) is 0 Å². The summed E-state index contributed by atoms with van der Waals surface area (Å²) in [6.45, 7) is 0. The van der Waals surface area contributed by atoms with E-state index in [1.165, 1.54) is 7.11 Å². The third-order valence-electron chi connectivity index (χ3n) is 4.32. The molecule has 144 valence electrons. The van der Waals surface area contributed by atoms with Crippen LogP contribution in [0.1, 0.15) is 10.5 Å². The third-order valence-corrected chi connectivity index (χ3v) is 4.32. The van der Waals surface area contributed by atoms with Crippen LogP contribution in [0.4, 0.5) is 5.69 Å². The number of methoxy groups -OCH3 is 1. The number of carbonyl (C=O) groups is 1. The van der Waals surface area contributed by atoms with Crippen molar-refractivity contribution in [2.45, 2.75) is 0 Å². The van der Waals surface area contributed by atoms with E-state index < -0.39 is 17.2 Å². The summed E-state index contributed by atoms with van der Waals surface area (Å²) in [6.07, 6.45) is 1.62. The van der Waals surface area contributed by atoms with E-state index in [1.807, 2.05) is 12.1 Å². The molecule has 0 bridgehead atoms. The van der Waals surface area contributed by atoms with Crippen LogP contribution in [0.15, 0.2) is 71.7 Å². The fraction of sp³-hybridized carbons (Fsp3) is 0.0476. The zero-order chi connectivity index (χ0) is 20.4. The molecule has 0 radical (unpaired) electrons. The van der Waals surface area contributed by atoms with Crippen molar-refractivity contribution < 1.29 is 14.6 Å². The summed E-state index contributed by atoms with van der Waals surface area (Å²) in [5, 5.41) is 17.8. The van der Waals surface area contributed by atoms with Crippen LogP contribution in [0.25, 0.3) is 16.6 Å². The van der Waals surface area contributed by atoms with E-state index in [0.29, 0.717) is 22.6 Å². The minimum Gasteiger partial charge on any atom is -0.505 e. The summed E-state index contributed by atoms with van der Waals surface area (Å²) in [6, 6.07) is 16.7. The highest BCUT2D eigenvalue weighted by Crippen LogP contribution is 2.24. The van der Waals surface area contributed by atoms with Gasteiger partial charge in [-0.05, 0) is 24.3 Å². The second kappa shape index (κ2) is 7.43. The number of hydrogen-bond donors (Lipinski definition) is 2. The second-order valence-corrected chi connectivity index (χ2v) is 6.13. The lowest BCUT2D eigenvalue weighted by Gasteiger charge is -2.12. The van der Waals surface area contributed by atoms with Gasteiger partial charge in [-0.3, -0.25) is 14.6 Å². The van der Waals surface area contributed by atoms with Crippen molar-refractivity contribution in [3.8, 4) is 17.2 Å². The maximum Gasteiger partial charge on any atom is 0.280 e. The van der Waals surface area contributed by atoms with Gasteiger partial charge >= 0.3 is 0 Å². The Labute approximate surface area is 165 Å². The SMILES string of the molecule is COc1ccccc1-n1nc(C(=O)Nc2cccc3cccnc23)c(O)cc1=O. The van der Waals surface area contributed by atoms with Gasteiger partial charge in [0.2, 0.25) is 0 Å². The standard InChI is InChI=1S/C21H16N4O4/c1-29-17-10-3-2-9-15(17)25-18(27)12-16(26)20(24-25)21(28)23-14-8-4-6-13-7-5-11-22-19(13)14/h2-12,26H,1H3,(H,23,28). The lowest BCUT2D eigenvalue weighted by atomic mass is 10.2. The second-order valence-electron chi connectivity index (χ2n) is 6.13. The normalized spacial score (nSPS) is 10.7. The van der Waals surface area contributed by atoms with Gasteiger partial charge in [0.1, 0.15) is 11.4 Å². The zero-order valence-corrected chi connectivity index (χ0v) is 15.4. The van der Waals surface area contributed by atoms with Crippen LogP contribution < -0.4 is 15.6 Å². The number of aromatic hydroxyl groups is 1. The van der Waals surface area contributed by atoms with Crippen LogP contribution in [-0.2, 0) is 0 Å². The molecule has 29 heavy (non-hydrogen) atoms. The lowest BCUT2D eigenvalue weighted by Crippen LogP contribution is -2.25. The van der Waals surface area contributed by atoms with E-state index in [1.54, 1.807) is 48.7 Å². The van der Waals surface area contributed by atoms with E-state index in [-0.39, 0.29) is 5.69 Å². The number of para-hydroxylation sites is 3. The monoisotopic (exact) mass is 388 g/mol. The predicted octanol–water partition coefficient (Wildman–Crippen LogP) is 2.75. The van der Waals surface area contributed by atoms with E-state index >= 15 is 0 Å². The Morgan fingerprint density at radius 1 is 1.10 bits per heavy atom. The molecule has 2 N–H and O–H groups in total. The first-order chi connectivity index (χ1) is 14.1. The fourth-order valence-corrected chi connectivity index (χ4v) is 2.97. The molecule has 0 unspecified atom stereocenters. The zero-order valence-electron chi connectivity index (χ0n) is 15.4. The Balaban J connectivity index is 1.77. The van der Waals surface area contributed by atoms with Crippen LogP contribution in [0.5, 0.6) is 11.5 Å². The molecule has 4 aromatic rings. The molecule has 0 saturated heterocycles. The molecule has 0 atom stereocenters. The molecule has 0 saturated carbocycles. The Bertz CT molecular complexity index is 1280. The van der Waals surface area contributed by atoms with Gasteiger partial charge in [-0.15, -0.1) is 0 Å². The molecule has 1 amide bonds. The van der Waals surface area contributed by atoms with Gasteiger partial charge in [-0.2, -0.15) is 9.78 Å². The molecule has 4 rings (SSSR count). The Morgan fingerprint density at radius 3 is 2.72 bits per heavy atom. The Hall–Kier alpha value is -4.20. The van der Waals surface area contributed by atoms with Gasteiger partial charge in [-0.1, -0.05) is 30.3 Å². The topological polar surface area (TPSA) is 106 Å². The quantitative estimate of drug-likeness (QED) is 0.557. The smallest absolute Gasteiger partial charge is 0.280 e. The number of anilines is 1. The predicted molar refractivity (Wildman–Crippen MR) is 108 cm³/mol. The molecule has 0 spiro atoms. The molecule has 0 fully saturated rings. The van der Waals surface area contributed by atoms with E-state index in [9.17, 15) is 14.7 Å². The van der Waals surface area contributed by atoms with E-state index in [2.05, 4.69) is 15.4 Å². The minimum absolute atomic E-state index is 0.302. The summed E-state index contributed by atoms with van der Waals surface area (Å²) in [7, 11) is 1.46. The van der Waals surface area contributed by atoms with Gasteiger partial charge in [-0.25, -0.2) is 0 Å². The van der Waals surface area contributed by atoms with Gasteiger partial charge in [0.15, 0.2) is 11.4 Å². The molecule has 2 aromatic heterocycles. The van der Waals surface area contributed by atoms with Crippen molar-refractivity contribution in [3.63, 3.8) is 0 Å². The first-order valence-electron chi connectivity index (χ1n) is 8.70. The maximum atomic E-state index is 12.8. The summed E-state index contributed by atoms with van der Waals surface area (Å²) >= 11 is 0. The number of hydrogen-bond acceptors (Lipinski definition) is 6. The maximum absolute atomic E-state index is 12.8. The number of fused-ring (bicyclic) bond motifs is 1. The number of aromatic nitrogens is 3. The van der Waals surface area contributed by atoms with Crippen molar-refractivity contribution in [1.29, 1.82) is 0 Å². The number of rotatable bonds is 4. The number of amides is 1. The summed E-state index contributed by atoms with van der Waals surface area (Å²) in [5.74, 6) is -0.798.